The molecule has 1 heterocycles. The largest absolute Gasteiger partial charge is 0.457 e. The number of aromatic nitrogens is 1. The highest BCUT2D eigenvalue weighted by atomic mass is 35.5. The Morgan fingerprint density at radius 1 is 1.08 bits per heavy atom. The van der Waals surface area contributed by atoms with Crippen LogP contribution < -0.4 is 14.8 Å². The van der Waals surface area contributed by atoms with Crippen LogP contribution in [-0.2, 0) is 16.4 Å². The van der Waals surface area contributed by atoms with Gasteiger partial charge in [-0.25, -0.2) is 13.1 Å². The lowest BCUT2D eigenvalue weighted by Crippen LogP contribution is -2.31. The van der Waals surface area contributed by atoms with Gasteiger partial charge in [-0.15, -0.1) is 0 Å². The number of ether oxygens (including phenoxy) is 1. The molecule has 0 aliphatic rings. The van der Waals surface area contributed by atoms with E-state index in [4.69, 9.17) is 16.3 Å². The number of nitrogens with zero attached hydrogens (tertiary/aromatic N) is 1. The smallest absolute Gasteiger partial charge is 0.264 e. The van der Waals surface area contributed by atoms with Crippen LogP contribution in [0, 0.1) is 0 Å². The molecule has 1 aromatic heterocycles. The van der Waals surface area contributed by atoms with Gasteiger partial charge >= 0.3 is 0 Å². The minimum absolute atomic E-state index is 0.190. The molecule has 8 nitrogen and oxygen atoms in total. The molecule has 198 valence electrons. The minimum atomic E-state index is -3.66. The first kappa shape index (κ1) is 27.5. The number of aliphatic hydroxyl groups is 1. The van der Waals surface area contributed by atoms with Crippen molar-refractivity contribution >= 4 is 38.4 Å². The summed E-state index contributed by atoms with van der Waals surface area (Å²) in [5, 5.41) is 14.9. The number of fused-ring (bicyclic) bond motifs is 1. The van der Waals surface area contributed by atoms with Crippen LogP contribution >= 0.6 is 11.6 Å². The maximum Gasteiger partial charge on any atom is 0.264 e. The molecule has 0 radical (unpaired) electrons. The van der Waals surface area contributed by atoms with E-state index in [0.717, 1.165) is 17.5 Å². The van der Waals surface area contributed by atoms with Crippen molar-refractivity contribution in [3.63, 3.8) is 0 Å². The van der Waals surface area contributed by atoms with E-state index in [1.165, 1.54) is 19.1 Å². The fourth-order valence-corrected chi connectivity index (χ4v) is 4.52. The van der Waals surface area contributed by atoms with Crippen LogP contribution in [0.15, 0.2) is 79.0 Å². The number of carbonyl (C=O) groups excluding carboxylic acids is 1. The third kappa shape index (κ3) is 7.29. The number of benzene rings is 3. The summed E-state index contributed by atoms with van der Waals surface area (Å²) in [6.45, 7) is 2.58. The maximum absolute atomic E-state index is 12.3. The molecular weight excluding hydrogens is 526 g/mol. The predicted molar refractivity (Wildman–Crippen MR) is 148 cm³/mol. The molecule has 0 bridgehead atoms. The molecule has 0 aliphatic carbocycles. The average molecular weight is 554 g/mol. The van der Waals surface area contributed by atoms with Crippen LogP contribution in [0.4, 0.5) is 0 Å². The minimum Gasteiger partial charge on any atom is -0.457 e. The van der Waals surface area contributed by atoms with E-state index in [0.29, 0.717) is 40.5 Å². The summed E-state index contributed by atoms with van der Waals surface area (Å²) in [6.07, 6.45) is 1.72. The average Bonchev–Trinajstić information content (AvgIpc) is 2.91. The van der Waals surface area contributed by atoms with Gasteiger partial charge in [-0.2, -0.15) is 0 Å². The van der Waals surface area contributed by atoms with Crippen molar-refractivity contribution in [3.8, 4) is 11.5 Å². The summed E-state index contributed by atoms with van der Waals surface area (Å²) in [4.78, 5) is 16.6. The summed E-state index contributed by atoms with van der Waals surface area (Å²) in [6, 6.07) is 21.4. The summed E-state index contributed by atoms with van der Waals surface area (Å²) in [5.41, 5.74) is 2.59. The van der Waals surface area contributed by atoms with Crippen molar-refractivity contribution in [2.75, 3.05) is 18.8 Å². The molecule has 1 atom stereocenters. The zero-order chi connectivity index (χ0) is 27.1. The highest BCUT2D eigenvalue weighted by Crippen LogP contribution is 2.29. The van der Waals surface area contributed by atoms with Gasteiger partial charge in [0, 0.05) is 28.7 Å². The summed E-state index contributed by atoms with van der Waals surface area (Å²) < 4.78 is 31.5. The number of hydrogen-bond donors (Lipinski definition) is 3. The van der Waals surface area contributed by atoms with E-state index in [1.54, 1.807) is 30.5 Å². The van der Waals surface area contributed by atoms with Crippen molar-refractivity contribution in [2.45, 2.75) is 19.4 Å². The summed E-state index contributed by atoms with van der Waals surface area (Å²) >= 11 is 5.99. The van der Waals surface area contributed by atoms with Crippen LogP contribution in [-0.4, -0.2) is 43.3 Å². The van der Waals surface area contributed by atoms with Crippen LogP contribution in [0.5, 0.6) is 11.5 Å². The molecule has 4 rings (SSSR count). The van der Waals surface area contributed by atoms with E-state index < -0.39 is 22.0 Å². The zero-order valence-electron chi connectivity index (χ0n) is 20.7. The fourth-order valence-electron chi connectivity index (χ4n) is 3.78. The van der Waals surface area contributed by atoms with Crippen LogP contribution in [0.2, 0.25) is 5.02 Å². The molecule has 1 amide bonds. The van der Waals surface area contributed by atoms with Gasteiger partial charge < -0.3 is 15.2 Å². The lowest BCUT2D eigenvalue weighted by molar-refractivity contribution is 0.0981. The Bertz CT molecular complexity index is 1530. The number of amides is 1. The highest BCUT2D eigenvalue weighted by Gasteiger charge is 2.15. The van der Waals surface area contributed by atoms with Crippen molar-refractivity contribution in [3.05, 3.63) is 101 Å². The van der Waals surface area contributed by atoms with Crippen molar-refractivity contribution in [1.29, 1.82) is 0 Å². The Morgan fingerprint density at radius 3 is 2.61 bits per heavy atom. The third-order valence-corrected chi connectivity index (χ3v) is 7.40. The Labute approximate surface area is 226 Å². The Morgan fingerprint density at radius 2 is 1.87 bits per heavy atom. The van der Waals surface area contributed by atoms with Gasteiger partial charge in [0.15, 0.2) is 0 Å². The summed E-state index contributed by atoms with van der Waals surface area (Å²) in [7, 11) is -3.66. The van der Waals surface area contributed by atoms with Crippen LogP contribution in [0.1, 0.15) is 34.5 Å². The number of hydrogen-bond acceptors (Lipinski definition) is 7. The van der Waals surface area contributed by atoms with Gasteiger partial charge in [-0.1, -0.05) is 35.9 Å². The van der Waals surface area contributed by atoms with E-state index in [1.807, 2.05) is 41.1 Å². The topological polar surface area (TPSA) is 118 Å². The zero-order valence-corrected chi connectivity index (χ0v) is 22.3. The van der Waals surface area contributed by atoms with E-state index >= 15 is 0 Å². The molecular formula is C28H28ClN3O5S. The lowest BCUT2D eigenvalue weighted by atomic mass is 10.1. The standard InChI is InChI=1S/C28H28ClN3O5S/c1-2-38(35,36)32-28(34)21-8-11-24-25(17-21)31-15-13-27(24)37-23-9-6-19(7-10-23)12-14-30-18-26(33)20-4-3-5-22(29)16-20/h3-11,13,15-17,26,30,33H,2,12,14,18H2,1H3,(H,32,34)/t26-/m0/s1. The number of pyridine rings is 1. The number of carbonyl (C=O) groups is 1. The predicted octanol–water partition coefficient (Wildman–Crippen LogP) is 4.63. The first-order valence-electron chi connectivity index (χ1n) is 12.1. The first-order valence-corrected chi connectivity index (χ1v) is 14.1. The Balaban J connectivity index is 1.34. The van der Waals surface area contributed by atoms with Crippen LogP contribution in [0.3, 0.4) is 0 Å². The second-order valence-electron chi connectivity index (χ2n) is 8.65. The van der Waals surface area contributed by atoms with Crippen LogP contribution in [0.25, 0.3) is 10.9 Å². The monoisotopic (exact) mass is 553 g/mol. The normalized spacial score (nSPS) is 12.3. The SMILES string of the molecule is CCS(=O)(=O)NC(=O)c1ccc2c(Oc3ccc(CCNC[C@H](O)c4cccc(Cl)c4)cc3)ccnc2c1. The van der Waals surface area contributed by atoms with Gasteiger partial charge in [-0.3, -0.25) is 9.78 Å². The lowest BCUT2D eigenvalue weighted by Gasteiger charge is -2.13. The second-order valence-corrected chi connectivity index (χ2v) is 11.1. The van der Waals surface area contributed by atoms with Crippen molar-refractivity contribution in [1.82, 2.24) is 15.0 Å². The van der Waals surface area contributed by atoms with E-state index in [-0.39, 0.29) is 11.3 Å². The Kier molecular flexibility index (Phi) is 8.96. The Hall–Kier alpha value is -3.50. The molecule has 4 aromatic rings. The number of sulfonamides is 1. The van der Waals surface area contributed by atoms with Crippen molar-refractivity contribution < 1.29 is 23.1 Å². The number of rotatable bonds is 11. The van der Waals surface area contributed by atoms with Gasteiger partial charge in [0.1, 0.15) is 11.5 Å². The number of nitrogens with one attached hydrogen (secondary N) is 2. The maximum atomic E-state index is 12.3. The summed E-state index contributed by atoms with van der Waals surface area (Å²) in [5.74, 6) is 0.310. The molecule has 10 heteroatoms. The molecule has 3 aromatic carbocycles. The van der Waals surface area contributed by atoms with E-state index in [2.05, 4.69) is 10.3 Å². The third-order valence-electron chi connectivity index (χ3n) is 5.91. The number of aliphatic hydroxyl groups excluding tert-OH is 1. The molecule has 3 N–H and O–H groups in total. The van der Waals surface area contributed by atoms with Gasteiger partial charge in [0.05, 0.1) is 17.4 Å². The highest BCUT2D eigenvalue weighted by molar-refractivity contribution is 7.90. The van der Waals surface area contributed by atoms with Gasteiger partial charge in [-0.05, 0) is 79.5 Å². The fraction of sp³-hybridized carbons (Fsp3) is 0.214. The first-order chi connectivity index (χ1) is 18.2. The quantitative estimate of drug-likeness (QED) is 0.232. The molecule has 0 unspecified atom stereocenters. The van der Waals surface area contributed by atoms with E-state index in [9.17, 15) is 18.3 Å². The van der Waals surface area contributed by atoms with Gasteiger partial charge in [0.25, 0.3) is 5.91 Å². The molecule has 0 saturated heterocycles. The van der Waals surface area contributed by atoms with Crippen molar-refractivity contribution in [2.24, 2.45) is 0 Å². The molecule has 0 spiro atoms. The number of halogens is 1. The molecule has 0 fully saturated rings. The molecule has 38 heavy (non-hydrogen) atoms. The second kappa shape index (κ2) is 12.4. The molecule has 0 saturated carbocycles. The molecule has 0 aliphatic heterocycles. The van der Waals surface area contributed by atoms with Gasteiger partial charge in [0.2, 0.25) is 10.0 Å².